The van der Waals surface area contributed by atoms with Gasteiger partial charge in [0.2, 0.25) is 10.0 Å². The summed E-state index contributed by atoms with van der Waals surface area (Å²) in [6.45, 7) is 0.987. The lowest BCUT2D eigenvalue weighted by Crippen LogP contribution is -2.37. The number of allylic oxidation sites excluding steroid dienone is 1. The Morgan fingerprint density at radius 3 is 2.67 bits per heavy atom. The number of likely N-dealkylation sites (tertiary alicyclic amines) is 1. The molecule has 1 saturated heterocycles. The van der Waals surface area contributed by atoms with E-state index in [1.807, 2.05) is 24.3 Å². The zero-order chi connectivity index (χ0) is 23.8. The summed E-state index contributed by atoms with van der Waals surface area (Å²) >= 11 is 5.88. The van der Waals surface area contributed by atoms with Gasteiger partial charge < -0.3 is 9.84 Å². The molecule has 2 aromatic rings. The van der Waals surface area contributed by atoms with E-state index in [1.165, 1.54) is 19.2 Å². The molecule has 0 bridgehead atoms. The second-order valence-electron chi connectivity index (χ2n) is 8.03. The minimum atomic E-state index is -3.69. The summed E-state index contributed by atoms with van der Waals surface area (Å²) in [5, 5.41) is 10.7. The predicted molar refractivity (Wildman–Crippen MR) is 127 cm³/mol. The summed E-state index contributed by atoms with van der Waals surface area (Å²) < 4.78 is 33.2. The number of para-hydroxylation sites is 1. The van der Waals surface area contributed by atoms with Gasteiger partial charge >= 0.3 is 5.97 Å². The normalized spacial score (nSPS) is 19.2. The van der Waals surface area contributed by atoms with Crippen LogP contribution in [0.3, 0.4) is 0 Å². The number of ether oxygens (including phenoxy) is 1. The molecule has 33 heavy (non-hydrogen) atoms. The van der Waals surface area contributed by atoms with E-state index >= 15 is 0 Å². The molecule has 0 amide bonds. The van der Waals surface area contributed by atoms with E-state index in [-0.39, 0.29) is 28.7 Å². The molecular weight excluding hydrogens is 464 g/mol. The Balaban J connectivity index is 1.69. The Labute approximate surface area is 200 Å². The molecular formula is C24H29ClN2O5S. The van der Waals surface area contributed by atoms with E-state index in [9.17, 15) is 18.3 Å². The average Bonchev–Trinajstić information content (AvgIpc) is 3.15. The lowest BCUT2D eigenvalue weighted by Gasteiger charge is -2.22. The first-order valence-corrected chi connectivity index (χ1v) is 12.7. The van der Waals surface area contributed by atoms with Crippen LogP contribution in [0.4, 0.5) is 0 Å². The molecule has 1 fully saturated rings. The Morgan fingerprint density at radius 2 is 1.97 bits per heavy atom. The third kappa shape index (κ3) is 7.30. The maximum absolute atomic E-state index is 12.8. The highest BCUT2D eigenvalue weighted by Gasteiger charge is 2.33. The summed E-state index contributed by atoms with van der Waals surface area (Å²) in [4.78, 5) is 13.6. The number of nitrogens with zero attached hydrogens (tertiary/aromatic N) is 1. The van der Waals surface area contributed by atoms with E-state index in [0.717, 1.165) is 12.0 Å². The number of phenols is 1. The number of halogens is 1. The smallest absolute Gasteiger partial charge is 0.305 e. The van der Waals surface area contributed by atoms with Crippen LogP contribution in [0, 0.1) is 0 Å². The highest BCUT2D eigenvalue weighted by molar-refractivity contribution is 7.89. The van der Waals surface area contributed by atoms with E-state index < -0.39 is 10.0 Å². The maximum Gasteiger partial charge on any atom is 0.305 e. The molecule has 1 aliphatic rings. The number of methoxy groups -OCH3 is 1. The van der Waals surface area contributed by atoms with Gasteiger partial charge in [-0.05, 0) is 49.6 Å². The van der Waals surface area contributed by atoms with Crippen molar-refractivity contribution in [3.05, 3.63) is 71.3 Å². The van der Waals surface area contributed by atoms with Crippen LogP contribution in [0.2, 0.25) is 5.02 Å². The molecule has 9 heteroatoms. The molecule has 7 nitrogen and oxygen atoms in total. The molecule has 0 saturated carbocycles. The molecule has 2 atom stereocenters. The average molecular weight is 493 g/mol. The van der Waals surface area contributed by atoms with Gasteiger partial charge in [-0.3, -0.25) is 9.69 Å². The first kappa shape index (κ1) is 25.2. The van der Waals surface area contributed by atoms with Crippen molar-refractivity contribution in [2.45, 2.75) is 49.2 Å². The number of unbranched alkanes of at least 4 members (excludes halogenated alkanes) is 1. The van der Waals surface area contributed by atoms with Crippen LogP contribution >= 0.6 is 11.6 Å². The topological polar surface area (TPSA) is 95.9 Å². The predicted octanol–water partition coefficient (Wildman–Crippen LogP) is 3.87. The quantitative estimate of drug-likeness (QED) is 0.297. The third-order valence-electron chi connectivity index (χ3n) is 5.60. The van der Waals surface area contributed by atoms with Crippen molar-refractivity contribution < 1.29 is 23.1 Å². The van der Waals surface area contributed by atoms with Gasteiger partial charge in [0.25, 0.3) is 0 Å². The first-order chi connectivity index (χ1) is 15.8. The van der Waals surface area contributed by atoms with Crippen molar-refractivity contribution in [2.75, 3.05) is 13.7 Å². The van der Waals surface area contributed by atoms with Crippen molar-refractivity contribution >= 4 is 27.6 Å². The molecule has 0 aliphatic carbocycles. The Morgan fingerprint density at radius 1 is 1.24 bits per heavy atom. The number of carbonyl (C=O) groups is 1. The number of nitrogens with one attached hydrogen (secondary N) is 1. The SMILES string of the molecule is COC(=O)CCCC=C[C@@H]1C[C@@H](NS(=O)(=O)c2ccc(Cl)cc2)CN1Cc1ccccc1O. The van der Waals surface area contributed by atoms with Crippen molar-refractivity contribution in [3.8, 4) is 5.75 Å². The number of rotatable bonds is 10. The van der Waals surface area contributed by atoms with Gasteiger partial charge in [-0.15, -0.1) is 0 Å². The van der Waals surface area contributed by atoms with Crippen molar-refractivity contribution in [1.82, 2.24) is 9.62 Å². The van der Waals surface area contributed by atoms with Gasteiger partial charge in [0.05, 0.1) is 12.0 Å². The highest BCUT2D eigenvalue weighted by atomic mass is 35.5. The number of hydrogen-bond donors (Lipinski definition) is 2. The zero-order valence-electron chi connectivity index (χ0n) is 18.5. The Bertz CT molecular complexity index is 1070. The molecule has 1 heterocycles. The van der Waals surface area contributed by atoms with Crippen LogP contribution < -0.4 is 4.72 Å². The van der Waals surface area contributed by atoms with Gasteiger partial charge in [0.1, 0.15) is 5.75 Å². The molecule has 2 N–H and O–H groups in total. The van der Waals surface area contributed by atoms with E-state index in [1.54, 1.807) is 24.3 Å². The second kappa shape index (κ2) is 11.7. The minimum absolute atomic E-state index is 0.0133. The Hall–Kier alpha value is -2.39. The molecule has 0 aromatic heterocycles. The fourth-order valence-electron chi connectivity index (χ4n) is 3.89. The maximum atomic E-state index is 12.8. The molecule has 0 spiro atoms. The molecule has 0 unspecified atom stereocenters. The summed E-state index contributed by atoms with van der Waals surface area (Å²) in [6.07, 6.45) is 6.42. The number of carbonyl (C=O) groups excluding carboxylic acids is 1. The zero-order valence-corrected chi connectivity index (χ0v) is 20.1. The van der Waals surface area contributed by atoms with Crippen LogP contribution in [0.5, 0.6) is 5.75 Å². The molecule has 178 valence electrons. The number of aromatic hydroxyl groups is 1. The summed E-state index contributed by atoms with van der Waals surface area (Å²) in [5.41, 5.74) is 0.780. The van der Waals surface area contributed by atoms with Crippen molar-refractivity contribution in [2.24, 2.45) is 0 Å². The standard InChI is InChI=1S/C24H29ClN2O5S/c1-32-24(29)10-4-2-3-8-21-15-20(17-27(21)16-18-7-5-6-9-23(18)28)26-33(30,31)22-13-11-19(25)12-14-22/h3,5-9,11-14,20-21,26,28H,2,4,10,15-17H2,1H3/t20-,21-/m1/s1. The Kier molecular flexibility index (Phi) is 8.91. The molecule has 2 aromatic carbocycles. The lowest BCUT2D eigenvalue weighted by atomic mass is 10.1. The minimum Gasteiger partial charge on any atom is -0.508 e. The van der Waals surface area contributed by atoms with Crippen LogP contribution in [0.25, 0.3) is 0 Å². The number of esters is 1. The number of hydrogen-bond acceptors (Lipinski definition) is 6. The third-order valence-corrected chi connectivity index (χ3v) is 7.39. The van der Waals surface area contributed by atoms with Crippen LogP contribution in [0.15, 0.2) is 65.6 Å². The van der Waals surface area contributed by atoms with Crippen molar-refractivity contribution in [1.29, 1.82) is 0 Å². The van der Waals surface area contributed by atoms with Crippen molar-refractivity contribution in [3.63, 3.8) is 0 Å². The van der Waals surface area contributed by atoms with E-state index in [2.05, 4.69) is 14.4 Å². The van der Waals surface area contributed by atoms with E-state index in [4.69, 9.17) is 11.6 Å². The molecule has 0 radical (unpaired) electrons. The molecule has 1 aliphatic heterocycles. The van der Waals surface area contributed by atoms with Gasteiger partial charge in [-0.25, -0.2) is 13.1 Å². The second-order valence-corrected chi connectivity index (χ2v) is 10.2. The van der Waals surface area contributed by atoms with Crippen LogP contribution in [-0.4, -0.2) is 50.1 Å². The van der Waals surface area contributed by atoms with Gasteiger partial charge in [-0.1, -0.05) is 42.0 Å². The summed E-state index contributed by atoms with van der Waals surface area (Å²) in [5.74, 6) is -0.0226. The lowest BCUT2D eigenvalue weighted by molar-refractivity contribution is -0.140. The van der Waals surface area contributed by atoms with Gasteiger partial charge in [-0.2, -0.15) is 0 Å². The largest absolute Gasteiger partial charge is 0.508 e. The number of phenolic OH excluding ortho intramolecular Hbond substituents is 1. The van der Waals surface area contributed by atoms with Gasteiger partial charge in [0.15, 0.2) is 0 Å². The van der Waals surface area contributed by atoms with Crippen LogP contribution in [0.1, 0.15) is 31.2 Å². The van der Waals surface area contributed by atoms with Gasteiger partial charge in [0, 0.05) is 42.2 Å². The first-order valence-electron chi connectivity index (χ1n) is 10.8. The summed E-state index contributed by atoms with van der Waals surface area (Å²) in [6, 6.07) is 12.9. The number of benzene rings is 2. The fraction of sp³-hybridized carbons (Fsp3) is 0.375. The number of sulfonamides is 1. The van der Waals surface area contributed by atoms with Crippen LogP contribution in [-0.2, 0) is 26.1 Å². The summed E-state index contributed by atoms with van der Waals surface area (Å²) in [7, 11) is -2.32. The monoisotopic (exact) mass is 492 g/mol. The molecule has 3 rings (SSSR count). The fourth-order valence-corrected chi connectivity index (χ4v) is 5.25. The highest BCUT2D eigenvalue weighted by Crippen LogP contribution is 2.26. The van der Waals surface area contributed by atoms with E-state index in [0.29, 0.717) is 37.4 Å².